The molecule has 0 aliphatic rings. The Hall–Kier alpha value is -2.24. The Morgan fingerprint density at radius 2 is 2.27 bits per heavy atom. The number of amides is 1. The number of carbonyl (C=O) groups excluding carboxylic acids is 1. The maximum absolute atomic E-state index is 12.7. The molecule has 2 aromatic rings. The summed E-state index contributed by atoms with van der Waals surface area (Å²) in [5, 5.41) is 8.73. The van der Waals surface area contributed by atoms with Gasteiger partial charge in [-0.25, -0.2) is 4.39 Å². The standard InChI is InChI=1S/C9H7FN4O/c10-7-1-6(2-11-3-7)9(15)14-8-4-12-13-5-8/h1-5H,(H,12,13)(H,14,15). The van der Waals surface area contributed by atoms with E-state index in [2.05, 4.69) is 20.5 Å². The van der Waals surface area contributed by atoms with E-state index >= 15 is 0 Å². The molecule has 76 valence electrons. The highest BCUT2D eigenvalue weighted by molar-refractivity contribution is 6.03. The van der Waals surface area contributed by atoms with E-state index in [1.165, 1.54) is 18.6 Å². The molecular formula is C9H7FN4O. The average molecular weight is 206 g/mol. The van der Waals surface area contributed by atoms with E-state index in [4.69, 9.17) is 0 Å². The highest BCUT2D eigenvalue weighted by atomic mass is 19.1. The number of nitrogens with zero attached hydrogens (tertiary/aromatic N) is 2. The number of rotatable bonds is 2. The van der Waals surface area contributed by atoms with Crippen molar-refractivity contribution in [1.29, 1.82) is 0 Å². The van der Waals surface area contributed by atoms with Gasteiger partial charge in [0.05, 0.1) is 23.6 Å². The van der Waals surface area contributed by atoms with Crippen molar-refractivity contribution in [3.8, 4) is 0 Å². The van der Waals surface area contributed by atoms with Crippen molar-refractivity contribution in [2.45, 2.75) is 0 Å². The van der Waals surface area contributed by atoms with Crippen molar-refractivity contribution >= 4 is 11.6 Å². The lowest BCUT2D eigenvalue weighted by Crippen LogP contribution is -2.11. The summed E-state index contributed by atoms with van der Waals surface area (Å²) < 4.78 is 12.7. The second-order valence-electron chi connectivity index (χ2n) is 2.83. The topological polar surface area (TPSA) is 70.7 Å². The molecule has 2 N–H and O–H groups in total. The summed E-state index contributed by atoms with van der Waals surface area (Å²) in [6.07, 6.45) is 5.29. The van der Waals surface area contributed by atoms with Crippen LogP contribution in [0.4, 0.5) is 10.1 Å². The molecule has 2 aromatic heterocycles. The highest BCUT2D eigenvalue weighted by Gasteiger charge is 2.07. The third-order valence-corrected chi connectivity index (χ3v) is 1.72. The number of hydrogen-bond donors (Lipinski definition) is 2. The minimum absolute atomic E-state index is 0.163. The molecule has 0 aliphatic carbocycles. The normalized spacial score (nSPS) is 9.93. The quantitative estimate of drug-likeness (QED) is 0.775. The number of nitrogens with one attached hydrogen (secondary N) is 2. The molecule has 0 bridgehead atoms. The van der Waals surface area contributed by atoms with Crippen LogP contribution in [0.1, 0.15) is 10.4 Å². The van der Waals surface area contributed by atoms with Gasteiger partial charge in [-0.15, -0.1) is 0 Å². The Labute approximate surface area is 84.3 Å². The lowest BCUT2D eigenvalue weighted by atomic mass is 10.2. The molecule has 0 unspecified atom stereocenters. The van der Waals surface area contributed by atoms with E-state index in [1.54, 1.807) is 0 Å². The van der Waals surface area contributed by atoms with Gasteiger partial charge in [-0.3, -0.25) is 14.9 Å². The van der Waals surface area contributed by atoms with Gasteiger partial charge >= 0.3 is 0 Å². The molecule has 2 heterocycles. The number of pyridine rings is 1. The van der Waals surface area contributed by atoms with E-state index in [1.807, 2.05) is 0 Å². The fraction of sp³-hybridized carbons (Fsp3) is 0. The van der Waals surface area contributed by atoms with Crippen LogP contribution in [0.5, 0.6) is 0 Å². The maximum atomic E-state index is 12.7. The predicted molar refractivity (Wildman–Crippen MR) is 50.7 cm³/mol. The molecule has 0 saturated heterocycles. The predicted octanol–water partition coefficient (Wildman–Crippen LogP) is 1.20. The third kappa shape index (κ3) is 2.16. The van der Waals surface area contributed by atoms with Gasteiger partial charge in [0.25, 0.3) is 5.91 Å². The molecule has 2 rings (SSSR count). The number of H-pyrrole nitrogens is 1. The first-order chi connectivity index (χ1) is 7.25. The van der Waals surface area contributed by atoms with Crippen molar-refractivity contribution < 1.29 is 9.18 Å². The van der Waals surface area contributed by atoms with Crippen molar-refractivity contribution in [3.63, 3.8) is 0 Å². The first-order valence-corrected chi connectivity index (χ1v) is 4.16. The monoisotopic (exact) mass is 206 g/mol. The van der Waals surface area contributed by atoms with Gasteiger partial charge in [-0.1, -0.05) is 0 Å². The lowest BCUT2D eigenvalue weighted by Gasteiger charge is -2.00. The minimum atomic E-state index is -0.546. The van der Waals surface area contributed by atoms with Gasteiger partial charge in [-0.05, 0) is 6.07 Å². The van der Waals surface area contributed by atoms with Gasteiger partial charge in [0.2, 0.25) is 0 Å². The molecule has 6 heteroatoms. The van der Waals surface area contributed by atoms with Crippen molar-refractivity contribution in [2.24, 2.45) is 0 Å². The first kappa shape index (κ1) is 9.32. The number of carbonyl (C=O) groups is 1. The number of anilines is 1. The summed E-state index contributed by atoms with van der Waals surface area (Å²) in [6.45, 7) is 0. The zero-order valence-electron chi connectivity index (χ0n) is 7.57. The van der Waals surface area contributed by atoms with Crippen LogP contribution in [-0.2, 0) is 0 Å². The molecule has 1 amide bonds. The molecule has 0 saturated carbocycles. The second-order valence-corrected chi connectivity index (χ2v) is 2.83. The molecule has 0 atom stereocenters. The Balaban J connectivity index is 2.15. The minimum Gasteiger partial charge on any atom is -0.319 e. The Morgan fingerprint density at radius 3 is 2.93 bits per heavy atom. The van der Waals surface area contributed by atoms with Gasteiger partial charge in [-0.2, -0.15) is 5.10 Å². The van der Waals surface area contributed by atoms with Crippen molar-refractivity contribution in [1.82, 2.24) is 15.2 Å². The Morgan fingerprint density at radius 1 is 1.40 bits per heavy atom. The van der Waals surface area contributed by atoms with Gasteiger partial charge in [0.15, 0.2) is 0 Å². The lowest BCUT2D eigenvalue weighted by molar-refractivity contribution is 0.102. The van der Waals surface area contributed by atoms with E-state index < -0.39 is 11.7 Å². The summed E-state index contributed by atoms with van der Waals surface area (Å²) in [6, 6.07) is 1.11. The molecule has 5 nitrogen and oxygen atoms in total. The van der Waals surface area contributed by atoms with Gasteiger partial charge < -0.3 is 5.32 Å². The largest absolute Gasteiger partial charge is 0.319 e. The van der Waals surface area contributed by atoms with Crippen LogP contribution in [0.15, 0.2) is 30.9 Å². The average Bonchev–Trinajstić information content (AvgIpc) is 2.70. The third-order valence-electron chi connectivity index (χ3n) is 1.72. The first-order valence-electron chi connectivity index (χ1n) is 4.16. The fourth-order valence-electron chi connectivity index (χ4n) is 1.06. The maximum Gasteiger partial charge on any atom is 0.257 e. The van der Waals surface area contributed by atoms with Crippen LogP contribution in [0.3, 0.4) is 0 Å². The summed E-state index contributed by atoms with van der Waals surface area (Å²) in [5.74, 6) is -0.974. The van der Waals surface area contributed by atoms with Crippen molar-refractivity contribution in [3.05, 3.63) is 42.2 Å². The van der Waals surface area contributed by atoms with E-state index in [0.717, 1.165) is 12.3 Å². The molecular weight excluding hydrogens is 199 g/mol. The van der Waals surface area contributed by atoms with Crippen LogP contribution >= 0.6 is 0 Å². The zero-order valence-corrected chi connectivity index (χ0v) is 7.57. The molecule has 15 heavy (non-hydrogen) atoms. The number of halogens is 1. The van der Waals surface area contributed by atoms with E-state index in [9.17, 15) is 9.18 Å². The summed E-state index contributed by atoms with van der Waals surface area (Å²) >= 11 is 0. The molecule has 0 radical (unpaired) electrons. The molecule has 0 spiro atoms. The van der Waals surface area contributed by atoms with Crippen LogP contribution in [-0.4, -0.2) is 21.1 Å². The Kier molecular flexibility index (Phi) is 2.40. The fourth-order valence-corrected chi connectivity index (χ4v) is 1.06. The molecule has 0 aromatic carbocycles. The number of hydrogen-bond acceptors (Lipinski definition) is 3. The zero-order chi connectivity index (χ0) is 10.7. The Bertz CT molecular complexity index is 469. The second kappa shape index (κ2) is 3.87. The van der Waals surface area contributed by atoms with E-state index in [-0.39, 0.29) is 5.56 Å². The van der Waals surface area contributed by atoms with Gasteiger partial charge in [0, 0.05) is 12.4 Å². The van der Waals surface area contributed by atoms with Crippen LogP contribution < -0.4 is 5.32 Å². The van der Waals surface area contributed by atoms with Crippen molar-refractivity contribution in [2.75, 3.05) is 5.32 Å². The molecule has 0 aliphatic heterocycles. The van der Waals surface area contributed by atoms with Crippen LogP contribution in [0, 0.1) is 5.82 Å². The summed E-state index contributed by atoms with van der Waals surface area (Å²) in [5.41, 5.74) is 0.681. The number of aromatic amines is 1. The van der Waals surface area contributed by atoms with Crippen LogP contribution in [0.25, 0.3) is 0 Å². The summed E-state index contributed by atoms with van der Waals surface area (Å²) in [4.78, 5) is 15.1. The smallest absolute Gasteiger partial charge is 0.257 e. The molecule has 0 fully saturated rings. The number of aromatic nitrogens is 3. The highest BCUT2D eigenvalue weighted by Crippen LogP contribution is 2.06. The van der Waals surface area contributed by atoms with E-state index in [0.29, 0.717) is 5.69 Å². The summed E-state index contributed by atoms with van der Waals surface area (Å²) in [7, 11) is 0. The van der Waals surface area contributed by atoms with Gasteiger partial charge in [0.1, 0.15) is 5.82 Å². The van der Waals surface area contributed by atoms with Crippen LogP contribution in [0.2, 0.25) is 0 Å². The SMILES string of the molecule is O=C(Nc1cn[nH]c1)c1cncc(F)c1.